The van der Waals surface area contributed by atoms with E-state index in [2.05, 4.69) is 5.32 Å². The number of carboxylic acid groups (broad SMARTS) is 2. The molecule has 0 aromatic carbocycles. The van der Waals surface area contributed by atoms with Crippen molar-refractivity contribution >= 4 is 35.4 Å². The van der Waals surface area contributed by atoms with Crippen molar-refractivity contribution in [3.05, 3.63) is 12.2 Å². The normalized spacial score (nSPS) is 13.4. The van der Waals surface area contributed by atoms with Crippen molar-refractivity contribution < 1.29 is 67.4 Å². The number of aliphatic carboxylic acids is 2. The molecule has 0 saturated heterocycles. The topological polar surface area (TPSA) is 214 Å². The molecule has 244 valence electrons. The van der Waals surface area contributed by atoms with E-state index in [1.165, 1.54) is 12.2 Å². The second kappa shape index (κ2) is 24.2. The van der Waals surface area contributed by atoms with E-state index in [-0.39, 0.29) is 56.8 Å². The number of carbonyl (C=O) groups excluding carboxylic acids is 4. The van der Waals surface area contributed by atoms with E-state index in [0.29, 0.717) is 72.3 Å². The molecule has 0 bridgehead atoms. The zero-order valence-electron chi connectivity index (χ0n) is 24.2. The molecule has 1 heterocycles. The van der Waals surface area contributed by atoms with Gasteiger partial charge < -0.3 is 44.0 Å². The van der Waals surface area contributed by atoms with Crippen molar-refractivity contribution in [3.8, 4) is 0 Å². The molecule has 0 spiro atoms. The third kappa shape index (κ3) is 20.3. The van der Waals surface area contributed by atoms with Gasteiger partial charge in [0.1, 0.15) is 11.8 Å². The Bertz CT molecular complexity index is 892. The van der Waals surface area contributed by atoms with Gasteiger partial charge in [-0.2, -0.15) is 0 Å². The van der Waals surface area contributed by atoms with Gasteiger partial charge in [0.05, 0.1) is 79.1 Å². The van der Waals surface area contributed by atoms with Crippen molar-refractivity contribution in [2.45, 2.75) is 38.1 Å². The first-order valence-corrected chi connectivity index (χ1v) is 14.0. The zero-order chi connectivity index (χ0) is 31.7. The van der Waals surface area contributed by atoms with Crippen LogP contribution in [0.15, 0.2) is 12.2 Å². The predicted molar refractivity (Wildman–Crippen MR) is 146 cm³/mol. The Morgan fingerprint density at radius 3 is 1.53 bits per heavy atom. The predicted octanol–water partition coefficient (Wildman–Crippen LogP) is -0.815. The number of amides is 3. The first kappa shape index (κ1) is 37.7. The highest BCUT2D eigenvalue weighted by Gasteiger charge is 2.24. The summed E-state index contributed by atoms with van der Waals surface area (Å²) in [5.41, 5.74) is 0. The highest BCUT2D eigenvalue weighted by Crippen LogP contribution is 2.06. The molecule has 0 saturated carbocycles. The van der Waals surface area contributed by atoms with Crippen molar-refractivity contribution in [2.75, 3.05) is 85.8 Å². The Hall–Kier alpha value is -3.28. The maximum Gasteiger partial charge on any atom is 0.326 e. The molecule has 16 nitrogen and oxygen atoms in total. The fraction of sp³-hybridized carbons (Fsp3) is 0.704. The first-order chi connectivity index (χ1) is 20.7. The number of hydrogen-bond donors (Lipinski definition) is 3. The van der Waals surface area contributed by atoms with Gasteiger partial charge in [-0.3, -0.25) is 28.9 Å². The van der Waals surface area contributed by atoms with Crippen LogP contribution in [0.1, 0.15) is 32.1 Å². The van der Waals surface area contributed by atoms with Crippen LogP contribution in [0.3, 0.4) is 0 Å². The Labute approximate surface area is 249 Å². The van der Waals surface area contributed by atoms with Crippen molar-refractivity contribution in [3.63, 3.8) is 0 Å². The van der Waals surface area contributed by atoms with E-state index < -0.39 is 30.3 Å². The Kier molecular flexibility index (Phi) is 21.2. The molecule has 16 heteroatoms. The third-order valence-corrected chi connectivity index (χ3v) is 5.60. The van der Waals surface area contributed by atoms with Crippen LogP contribution in [0.25, 0.3) is 0 Å². The molecular weight excluding hydrogens is 576 g/mol. The average Bonchev–Trinajstić information content (AvgIpc) is 3.28. The number of hydrogen-bond acceptors (Lipinski definition) is 12. The van der Waals surface area contributed by atoms with Crippen molar-refractivity contribution in [1.29, 1.82) is 0 Å². The molecule has 1 aliphatic rings. The monoisotopic (exact) mass is 618 g/mol. The maximum absolute atomic E-state index is 11.9. The molecular formula is C27H42N2O14. The molecule has 1 atom stereocenters. The molecule has 3 N–H and O–H groups in total. The van der Waals surface area contributed by atoms with Crippen molar-refractivity contribution in [1.82, 2.24) is 10.2 Å². The number of imide groups is 1. The van der Waals surface area contributed by atoms with Crippen LogP contribution < -0.4 is 5.32 Å². The molecule has 43 heavy (non-hydrogen) atoms. The van der Waals surface area contributed by atoms with Gasteiger partial charge in [-0.15, -0.1) is 0 Å². The summed E-state index contributed by atoms with van der Waals surface area (Å²) in [6.07, 6.45) is 2.59. The lowest BCUT2D eigenvalue weighted by atomic mass is 10.1. The lowest BCUT2D eigenvalue weighted by Crippen LogP contribution is -2.42. The molecule has 0 fully saturated rings. The van der Waals surface area contributed by atoms with E-state index in [1.54, 1.807) is 0 Å². The van der Waals surface area contributed by atoms with E-state index >= 15 is 0 Å². The van der Waals surface area contributed by atoms with E-state index in [1.807, 2.05) is 0 Å². The van der Waals surface area contributed by atoms with Gasteiger partial charge in [-0.05, 0) is 6.42 Å². The number of carbonyl (C=O) groups is 6. The molecule has 0 aliphatic carbocycles. The Morgan fingerprint density at radius 2 is 1.09 bits per heavy atom. The van der Waals surface area contributed by atoms with E-state index in [9.17, 15) is 28.8 Å². The summed E-state index contributed by atoms with van der Waals surface area (Å²) in [5.74, 6) is -4.16. The van der Waals surface area contributed by atoms with Gasteiger partial charge >= 0.3 is 11.9 Å². The van der Waals surface area contributed by atoms with Crippen molar-refractivity contribution in [2.24, 2.45) is 0 Å². The fourth-order valence-electron chi connectivity index (χ4n) is 3.39. The lowest BCUT2D eigenvalue weighted by Gasteiger charge is -2.12. The molecule has 0 aromatic rings. The van der Waals surface area contributed by atoms with Crippen LogP contribution >= 0.6 is 0 Å². The summed E-state index contributed by atoms with van der Waals surface area (Å²) in [6.45, 7) is 4.13. The minimum Gasteiger partial charge on any atom is -0.481 e. The Morgan fingerprint density at radius 1 is 0.651 bits per heavy atom. The maximum atomic E-state index is 11.9. The molecule has 1 rings (SSSR count). The summed E-state index contributed by atoms with van der Waals surface area (Å²) in [5, 5.41) is 19.7. The number of carboxylic acids is 2. The van der Waals surface area contributed by atoms with Gasteiger partial charge in [0.25, 0.3) is 11.8 Å². The largest absolute Gasteiger partial charge is 0.481 e. The highest BCUT2D eigenvalue weighted by atomic mass is 16.6. The Balaban J connectivity index is 1.77. The molecule has 0 radical (unpaired) electrons. The van der Waals surface area contributed by atoms with Gasteiger partial charge in [0.15, 0.2) is 0 Å². The van der Waals surface area contributed by atoms with Crippen LogP contribution in [0.5, 0.6) is 0 Å². The minimum absolute atomic E-state index is 0.0275. The quantitative estimate of drug-likeness (QED) is 0.0691. The molecule has 1 unspecified atom stereocenters. The molecule has 3 amide bonds. The van der Waals surface area contributed by atoms with Crippen LogP contribution in [0, 0.1) is 0 Å². The standard InChI is InChI=1S/C27H42N2O14/c30-21(5-7-29-24(32)3-4-25(29)33)2-1-8-38-10-12-40-14-16-42-18-19-43-17-15-41-13-11-39-9-6-23(31)28-22(27(36)37)20-26(34)35/h3-4,22H,1-2,5-20H2,(H,28,31)(H,34,35)(H,36,37). The average molecular weight is 619 g/mol. The summed E-state index contributed by atoms with van der Waals surface area (Å²) in [4.78, 5) is 69.0. The van der Waals surface area contributed by atoms with Crippen LogP contribution in [-0.4, -0.2) is 142 Å². The number of Topliss-reactive ketones (excluding diaryl/α,β-unsaturated/α-hetero) is 1. The van der Waals surface area contributed by atoms with Gasteiger partial charge in [-0.1, -0.05) is 0 Å². The molecule has 1 aliphatic heterocycles. The van der Waals surface area contributed by atoms with Crippen LogP contribution in [-0.2, 0) is 57.2 Å². The summed E-state index contributed by atoms with van der Waals surface area (Å²) >= 11 is 0. The van der Waals surface area contributed by atoms with Gasteiger partial charge in [0, 0.05) is 44.6 Å². The highest BCUT2D eigenvalue weighted by molar-refractivity contribution is 6.13. The zero-order valence-corrected chi connectivity index (χ0v) is 24.2. The van der Waals surface area contributed by atoms with Gasteiger partial charge in [0.2, 0.25) is 5.91 Å². The number of rotatable bonds is 29. The first-order valence-electron chi connectivity index (χ1n) is 14.0. The summed E-state index contributed by atoms with van der Waals surface area (Å²) in [7, 11) is 0. The van der Waals surface area contributed by atoms with E-state index in [4.69, 9.17) is 38.6 Å². The summed E-state index contributed by atoms with van der Waals surface area (Å²) in [6, 6.07) is -1.48. The smallest absolute Gasteiger partial charge is 0.326 e. The minimum atomic E-state index is -1.48. The number of nitrogens with one attached hydrogen (secondary N) is 1. The van der Waals surface area contributed by atoms with Crippen LogP contribution in [0.4, 0.5) is 0 Å². The fourth-order valence-corrected chi connectivity index (χ4v) is 3.39. The second-order valence-corrected chi connectivity index (χ2v) is 9.03. The molecule has 0 aromatic heterocycles. The number of ether oxygens (including phenoxy) is 6. The van der Waals surface area contributed by atoms with E-state index in [0.717, 1.165) is 4.90 Å². The lowest BCUT2D eigenvalue weighted by molar-refractivity contribution is -0.147. The number of ketones is 1. The van der Waals surface area contributed by atoms with Crippen LogP contribution in [0.2, 0.25) is 0 Å². The second-order valence-electron chi connectivity index (χ2n) is 9.03. The number of nitrogens with zero attached hydrogens (tertiary/aromatic N) is 1. The van der Waals surface area contributed by atoms with Gasteiger partial charge in [-0.25, -0.2) is 4.79 Å². The SMILES string of the molecule is O=C(O)CC(NC(=O)CCOCCOCCOCCOCCOCCOCCCC(=O)CCN1C(=O)C=CC1=O)C(=O)O. The summed E-state index contributed by atoms with van der Waals surface area (Å²) < 4.78 is 32.1. The third-order valence-electron chi connectivity index (χ3n) is 5.60.